The number of carbonyl (C=O) groups is 1. The molecule has 0 aliphatic heterocycles. The van der Waals surface area contributed by atoms with Gasteiger partial charge in [-0.2, -0.15) is 0 Å². The normalized spacial score (nSPS) is 23.3. The van der Waals surface area contributed by atoms with E-state index in [1.54, 1.807) is 7.11 Å². The van der Waals surface area contributed by atoms with Gasteiger partial charge in [-0.05, 0) is 25.0 Å². The SMILES string of the molecule is COCCn1cccc1C(=O)NC1CCCCCC1N. The van der Waals surface area contributed by atoms with Crippen LogP contribution in [-0.2, 0) is 11.3 Å². The predicted octanol–water partition coefficient (Wildman–Crippen LogP) is 1.52. The van der Waals surface area contributed by atoms with Crippen LogP contribution >= 0.6 is 0 Å². The van der Waals surface area contributed by atoms with Gasteiger partial charge in [0.1, 0.15) is 5.69 Å². The van der Waals surface area contributed by atoms with Crippen LogP contribution in [0.4, 0.5) is 0 Å². The Morgan fingerprint density at radius 2 is 2.25 bits per heavy atom. The molecule has 0 radical (unpaired) electrons. The quantitative estimate of drug-likeness (QED) is 0.803. The molecule has 2 rings (SSSR count). The molecule has 2 unspecified atom stereocenters. The third-order valence-corrected chi connectivity index (χ3v) is 3.98. The monoisotopic (exact) mass is 279 g/mol. The molecule has 5 nitrogen and oxygen atoms in total. The van der Waals surface area contributed by atoms with Crippen LogP contribution in [0.2, 0.25) is 0 Å². The summed E-state index contributed by atoms with van der Waals surface area (Å²) in [5.74, 6) is -0.0338. The van der Waals surface area contributed by atoms with Gasteiger partial charge in [0.2, 0.25) is 0 Å². The molecule has 20 heavy (non-hydrogen) atoms. The first kappa shape index (κ1) is 15.1. The maximum Gasteiger partial charge on any atom is 0.268 e. The van der Waals surface area contributed by atoms with Gasteiger partial charge in [0.05, 0.1) is 6.61 Å². The highest BCUT2D eigenvalue weighted by Gasteiger charge is 2.23. The average Bonchev–Trinajstić information content (AvgIpc) is 2.82. The van der Waals surface area contributed by atoms with Gasteiger partial charge >= 0.3 is 0 Å². The van der Waals surface area contributed by atoms with Crippen LogP contribution in [-0.4, -0.2) is 36.3 Å². The maximum atomic E-state index is 12.4. The van der Waals surface area contributed by atoms with Crippen LogP contribution < -0.4 is 11.1 Å². The molecule has 1 aliphatic rings. The lowest BCUT2D eigenvalue weighted by molar-refractivity contribution is 0.0916. The Balaban J connectivity index is 1.98. The molecule has 2 atom stereocenters. The summed E-state index contributed by atoms with van der Waals surface area (Å²) < 4.78 is 6.98. The van der Waals surface area contributed by atoms with E-state index >= 15 is 0 Å². The Hall–Kier alpha value is -1.33. The predicted molar refractivity (Wildman–Crippen MR) is 78.6 cm³/mol. The average molecular weight is 279 g/mol. The molecule has 5 heteroatoms. The first-order chi connectivity index (χ1) is 9.72. The third-order valence-electron chi connectivity index (χ3n) is 3.98. The zero-order chi connectivity index (χ0) is 14.4. The lowest BCUT2D eigenvalue weighted by atomic mass is 10.0. The molecule has 0 saturated heterocycles. The fourth-order valence-electron chi connectivity index (χ4n) is 2.76. The first-order valence-electron chi connectivity index (χ1n) is 7.43. The Morgan fingerprint density at radius 3 is 3.05 bits per heavy atom. The fraction of sp³-hybridized carbons (Fsp3) is 0.667. The van der Waals surface area contributed by atoms with Gasteiger partial charge in [0.25, 0.3) is 5.91 Å². The summed E-state index contributed by atoms with van der Waals surface area (Å²) in [5.41, 5.74) is 6.84. The standard InChI is InChI=1S/C15H25N3O2/c1-20-11-10-18-9-5-8-14(18)15(19)17-13-7-4-2-3-6-12(13)16/h5,8-9,12-13H,2-4,6-7,10-11,16H2,1H3,(H,17,19). The smallest absolute Gasteiger partial charge is 0.268 e. The van der Waals surface area contributed by atoms with Crippen molar-refractivity contribution >= 4 is 5.91 Å². The highest BCUT2D eigenvalue weighted by molar-refractivity contribution is 5.93. The Kier molecular flexibility index (Phi) is 5.61. The van der Waals surface area contributed by atoms with E-state index in [0.717, 1.165) is 25.7 Å². The first-order valence-corrected chi connectivity index (χ1v) is 7.43. The van der Waals surface area contributed by atoms with Crippen molar-refractivity contribution in [3.05, 3.63) is 24.0 Å². The van der Waals surface area contributed by atoms with Crippen molar-refractivity contribution in [3.63, 3.8) is 0 Å². The van der Waals surface area contributed by atoms with Gasteiger partial charge in [0.15, 0.2) is 0 Å². The van der Waals surface area contributed by atoms with Crippen molar-refractivity contribution < 1.29 is 9.53 Å². The van der Waals surface area contributed by atoms with E-state index in [1.165, 1.54) is 6.42 Å². The molecule has 3 N–H and O–H groups in total. The number of aromatic nitrogens is 1. The van der Waals surface area contributed by atoms with Crippen molar-refractivity contribution in [2.24, 2.45) is 5.73 Å². The molecule has 1 aromatic rings. The Labute approximate surface area is 120 Å². The number of nitrogens with one attached hydrogen (secondary N) is 1. The zero-order valence-electron chi connectivity index (χ0n) is 12.2. The molecule has 1 saturated carbocycles. The van der Waals surface area contributed by atoms with Crippen LogP contribution in [0.3, 0.4) is 0 Å². The number of hydrogen-bond donors (Lipinski definition) is 2. The zero-order valence-corrected chi connectivity index (χ0v) is 12.2. The van der Waals surface area contributed by atoms with Gasteiger partial charge < -0.3 is 20.4 Å². The van der Waals surface area contributed by atoms with Gasteiger partial charge in [-0.3, -0.25) is 4.79 Å². The highest BCUT2D eigenvalue weighted by atomic mass is 16.5. The fourth-order valence-corrected chi connectivity index (χ4v) is 2.76. The van der Waals surface area contributed by atoms with Crippen LogP contribution in [0, 0.1) is 0 Å². The van der Waals surface area contributed by atoms with Gasteiger partial charge in [0, 0.05) is 31.9 Å². The molecule has 1 aliphatic carbocycles. The highest BCUT2D eigenvalue weighted by Crippen LogP contribution is 2.17. The van der Waals surface area contributed by atoms with Crippen molar-refractivity contribution in [2.75, 3.05) is 13.7 Å². The largest absolute Gasteiger partial charge is 0.383 e. The van der Waals surface area contributed by atoms with E-state index < -0.39 is 0 Å². The minimum atomic E-state index is -0.0338. The lowest BCUT2D eigenvalue weighted by Gasteiger charge is -2.23. The molecule has 1 fully saturated rings. The number of methoxy groups -OCH3 is 1. The van der Waals surface area contributed by atoms with E-state index in [-0.39, 0.29) is 18.0 Å². The van der Waals surface area contributed by atoms with E-state index in [9.17, 15) is 4.79 Å². The molecule has 1 heterocycles. The van der Waals surface area contributed by atoms with Crippen LogP contribution in [0.15, 0.2) is 18.3 Å². The number of nitrogens with two attached hydrogens (primary N) is 1. The van der Waals surface area contributed by atoms with E-state index in [1.807, 2.05) is 22.9 Å². The van der Waals surface area contributed by atoms with E-state index in [0.29, 0.717) is 18.8 Å². The van der Waals surface area contributed by atoms with E-state index in [2.05, 4.69) is 5.32 Å². The number of ether oxygens (including phenoxy) is 1. The molecule has 1 amide bonds. The molecule has 112 valence electrons. The number of rotatable bonds is 5. The van der Waals surface area contributed by atoms with Crippen molar-refractivity contribution in [1.82, 2.24) is 9.88 Å². The van der Waals surface area contributed by atoms with Crippen molar-refractivity contribution in [2.45, 2.75) is 50.7 Å². The topological polar surface area (TPSA) is 69.3 Å². The summed E-state index contributed by atoms with van der Waals surface area (Å²) in [6.07, 6.45) is 7.40. The third kappa shape index (κ3) is 3.84. The van der Waals surface area contributed by atoms with Crippen molar-refractivity contribution in [1.29, 1.82) is 0 Å². The second kappa shape index (κ2) is 7.45. The number of amides is 1. The summed E-state index contributed by atoms with van der Waals surface area (Å²) in [6.45, 7) is 1.28. The maximum absolute atomic E-state index is 12.4. The van der Waals surface area contributed by atoms with Gasteiger partial charge in [-0.1, -0.05) is 19.3 Å². The number of carbonyl (C=O) groups excluding carboxylic acids is 1. The Morgan fingerprint density at radius 1 is 1.45 bits per heavy atom. The minimum absolute atomic E-state index is 0.0338. The van der Waals surface area contributed by atoms with Crippen LogP contribution in [0.5, 0.6) is 0 Å². The molecule has 0 bridgehead atoms. The van der Waals surface area contributed by atoms with Crippen LogP contribution in [0.25, 0.3) is 0 Å². The number of hydrogen-bond acceptors (Lipinski definition) is 3. The summed E-state index contributed by atoms with van der Waals surface area (Å²) >= 11 is 0. The van der Waals surface area contributed by atoms with Gasteiger partial charge in [-0.25, -0.2) is 0 Å². The summed E-state index contributed by atoms with van der Waals surface area (Å²) in [5, 5.41) is 3.10. The molecular formula is C15H25N3O2. The van der Waals surface area contributed by atoms with Gasteiger partial charge in [-0.15, -0.1) is 0 Å². The van der Waals surface area contributed by atoms with E-state index in [4.69, 9.17) is 10.5 Å². The summed E-state index contributed by atoms with van der Waals surface area (Å²) in [7, 11) is 1.66. The lowest BCUT2D eigenvalue weighted by Crippen LogP contribution is -2.47. The minimum Gasteiger partial charge on any atom is -0.383 e. The summed E-state index contributed by atoms with van der Waals surface area (Å²) in [4.78, 5) is 12.4. The molecule has 1 aromatic heterocycles. The second-order valence-corrected chi connectivity index (χ2v) is 5.46. The second-order valence-electron chi connectivity index (χ2n) is 5.46. The molecular weight excluding hydrogens is 254 g/mol. The molecule has 0 aromatic carbocycles. The van der Waals surface area contributed by atoms with Crippen LogP contribution in [0.1, 0.15) is 42.6 Å². The Bertz CT molecular complexity index is 431. The summed E-state index contributed by atoms with van der Waals surface area (Å²) in [6, 6.07) is 3.89. The molecule has 0 spiro atoms. The number of nitrogens with zero attached hydrogens (tertiary/aromatic N) is 1. The van der Waals surface area contributed by atoms with Crippen molar-refractivity contribution in [3.8, 4) is 0 Å².